The van der Waals surface area contributed by atoms with Crippen LogP contribution in [0.15, 0.2) is 18.2 Å². The lowest BCUT2D eigenvalue weighted by molar-refractivity contribution is 0.0598. The van der Waals surface area contributed by atoms with E-state index >= 15 is 0 Å². The summed E-state index contributed by atoms with van der Waals surface area (Å²) >= 11 is 4.24. The van der Waals surface area contributed by atoms with Gasteiger partial charge in [-0.1, -0.05) is 6.07 Å². The molecule has 0 saturated heterocycles. The van der Waals surface area contributed by atoms with Crippen molar-refractivity contribution in [3.05, 3.63) is 30.9 Å². The second kappa shape index (κ2) is 4.40. The van der Waals surface area contributed by atoms with Gasteiger partial charge in [0, 0.05) is 7.14 Å². The molecular weight excluding hydrogens is 382 g/mol. The Balaban J connectivity index is 3.21. The number of halogens is 2. The van der Waals surface area contributed by atoms with Crippen molar-refractivity contribution in [1.29, 1.82) is 0 Å². The Kier molecular flexibility index (Phi) is 3.76. The third-order valence-electron chi connectivity index (χ3n) is 1.35. The van der Waals surface area contributed by atoms with E-state index < -0.39 is 0 Å². The van der Waals surface area contributed by atoms with Crippen LogP contribution >= 0.6 is 45.2 Å². The van der Waals surface area contributed by atoms with Gasteiger partial charge in [0.25, 0.3) is 0 Å². The van der Waals surface area contributed by atoms with Gasteiger partial charge in [0.15, 0.2) is 0 Å². The average Bonchev–Trinajstić information content (AvgIpc) is 2.03. The van der Waals surface area contributed by atoms with Gasteiger partial charge in [0.2, 0.25) is 0 Å². The molecule has 0 bridgehead atoms. The Morgan fingerprint density at radius 2 is 1.83 bits per heavy atom. The molecule has 0 fully saturated rings. The van der Waals surface area contributed by atoms with Gasteiger partial charge in [-0.25, -0.2) is 4.79 Å². The quantitative estimate of drug-likeness (QED) is 0.547. The Hall–Kier alpha value is 0.150. The molecule has 0 saturated carbocycles. The van der Waals surface area contributed by atoms with Crippen molar-refractivity contribution >= 4 is 51.2 Å². The molecule has 0 aliphatic rings. The van der Waals surface area contributed by atoms with Gasteiger partial charge in [0.1, 0.15) is 0 Å². The molecule has 2 nitrogen and oxygen atoms in total. The summed E-state index contributed by atoms with van der Waals surface area (Å²) < 4.78 is 6.49. The Labute approximate surface area is 98.0 Å². The molecule has 64 valence electrons. The molecular formula is C8H6I2O2. The number of hydrogen-bond donors (Lipinski definition) is 0. The zero-order valence-electron chi connectivity index (χ0n) is 6.30. The second-order valence-electron chi connectivity index (χ2n) is 2.09. The van der Waals surface area contributed by atoms with Crippen molar-refractivity contribution in [3.63, 3.8) is 0 Å². The third-order valence-corrected chi connectivity index (χ3v) is 3.15. The van der Waals surface area contributed by atoms with Crippen LogP contribution in [-0.2, 0) is 4.74 Å². The van der Waals surface area contributed by atoms with E-state index in [0.717, 1.165) is 7.14 Å². The molecule has 0 unspecified atom stereocenters. The highest BCUT2D eigenvalue weighted by Gasteiger charge is 2.12. The third kappa shape index (κ3) is 2.09. The van der Waals surface area contributed by atoms with Crippen LogP contribution in [-0.4, -0.2) is 13.1 Å². The highest BCUT2D eigenvalue weighted by Crippen LogP contribution is 2.19. The zero-order chi connectivity index (χ0) is 9.14. The fourth-order valence-electron chi connectivity index (χ4n) is 0.795. The first-order chi connectivity index (χ1) is 5.66. The van der Waals surface area contributed by atoms with Gasteiger partial charge in [-0.05, 0) is 57.3 Å². The molecule has 0 heterocycles. The number of carbonyl (C=O) groups excluding carboxylic acids is 1. The first-order valence-electron chi connectivity index (χ1n) is 3.19. The molecule has 1 rings (SSSR count). The van der Waals surface area contributed by atoms with E-state index in [1.54, 1.807) is 0 Å². The van der Waals surface area contributed by atoms with Gasteiger partial charge in [0.05, 0.1) is 12.7 Å². The normalized spacial score (nSPS) is 9.58. The van der Waals surface area contributed by atoms with Crippen molar-refractivity contribution in [1.82, 2.24) is 0 Å². The van der Waals surface area contributed by atoms with E-state index in [1.165, 1.54) is 7.11 Å². The monoisotopic (exact) mass is 388 g/mol. The summed E-state index contributed by atoms with van der Waals surface area (Å²) in [7, 11) is 1.39. The van der Waals surface area contributed by atoms with Crippen LogP contribution in [0.25, 0.3) is 0 Å². The minimum atomic E-state index is -0.274. The van der Waals surface area contributed by atoms with Crippen LogP contribution in [0.2, 0.25) is 0 Å². The van der Waals surface area contributed by atoms with E-state index in [4.69, 9.17) is 0 Å². The van der Waals surface area contributed by atoms with Gasteiger partial charge in [-0.2, -0.15) is 0 Å². The van der Waals surface area contributed by atoms with Crippen molar-refractivity contribution < 1.29 is 9.53 Å². The number of ether oxygens (including phenoxy) is 1. The molecule has 0 aliphatic carbocycles. The van der Waals surface area contributed by atoms with Crippen molar-refractivity contribution in [2.75, 3.05) is 7.11 Å². The average molecular weight is 388 g/mol. The molecule has 1 aromatic rings. The first kappa shape index (κ1) is 10.2. The van der Waals surface area contributed by atoms with Crippen LogP contribution in [0.1, 0.15) is 10.4 Å². The van der Waals surface area contributed by atoms with Crippen LogP contribution in [0.3, 0.4) is 0 Å². The minimum absolute atomic E-state index is 0.274. The van der Waals surface area contributed by atoms with E-state index in [9.17, 15) is 4.79 Å². The molecule has 0 amide bonds. The van der Waals surface area contributed by atoms with Crippen LogP contribution < -0.4 is 0 Å². The van der Waals surface area contributed by atoms with Gasteiger partial charge in [-0.15, -0.1) is 0 Å². The van der Waals surface area contributed by atoms with Crippen molar-refractivity contribution in [2.45, 2.75) is 0 Å². The molecule has 0 atom stereocenters. The summed E-state index contributed by atoms with van der Waals surface area (Å²) in [4.78, 5) is 11.2. The Morgan fingerprint density at radius 1 is 1.33 bits per heavy atom. The van der Waals surface area contributed by atoms with Crippen molar-refractivity contribution in [2.24, 2.45) is 0 Å². The second-order valence-corrected chi connectivity index (χ2v) is 4.41. The summed E-state index contributed by atoms with van der Waals surface area (Å²) in [5, 5.41) is 0. The van der Waals surface area contributed by atoms with Crippen LogP contribution in [0.5, 0.6) is 0 Å². The largest absolute Gasteiger partial charge is 0.465 e. The predicted molar refractivity (Wildman–Crippen MR) is 63.2 cm³/mol. The number of benzene rings is 1. The van der Waals surface area contributed by atoms with Gasteiger partial charge in [-0.3, -0.25) is 0 Å². The topological polar surface area (TPSA) is 26.3 Å². The van der Waals surface area contributed by atoms with E-state index in [1.807, 2.05) is 18.2 Å². The van der Waals surface area contributed by atoms with Gasteiger partial charge >= 0.3 is 5.97 Å². The molecule has 0 N–H and O–H groups in total. The molecule has 0 spiro atoms. The zero-order valence-corrected chi connectivity index (χ0v) is 10.6. The summed E-state index contributed by atoms with van der Waals surface area (Å²) in [6.07, 6.45) is 0. The highest BCUT2D eigenvalue weighted by atomic mass is 127. The fraction of sp³-hybridized carbons (Fsp3) is 0.125. The molecule has 0 radical (unpaired) electrons. The van der Waals surface area contributed by atoms with Crippen LogP contribution in [0, 0.1) is 7.14 Å². The summed E-state index contributed by atoms with van der Waals surface area (Å²) in [6.45, 7) is 0. The summed E-state index contributed by atoms with van der Waals surface area (Å²) in [5.74, 6) is -0.274. The SMILES string of the molecule is COC(=O)c1c(I)cccc1I. The molecule has 0 aromatic heterocycles. The number of esters is 1. The maximum Gasteiger partial charge on any atom is 0.340 e. The highest BCUT2D eigenvalue weighted by molar-refractivity contribution is 14.1. The molecule has 0 aliphatic heterocycles. The van der Waals surface area contributed by atoms with Crippen molar-refractivity contribution in [3.8, 4) is 0 Å². The fourth-order valence-corrected chi connectivity index (χ4v) is 2.75. The van der Waals surface area contributed by atoms with Crippen LogP contribution in [0.4, 0.5) is 0 Å². The number of rotatable bonds is 1. The molecule has 12 heavy (non-hydrogen) atoms. The van der Waals surface area contributed by atoms with Gasteiger partial charge < -0.3 is 4.74 Å². The van der Waals surface area contributed by atoms with E-state index in [0.29, 0.717) is 5.56 Å². The lowest BCUT2D eigenvalue weighted by Gasteiger charge is -2.03. The smallest absolute Gasteiger partial charge is 0.340 e. The Morgan fingerprint density at radius 3 is 2.25 bits per heavy atom. The van der Waals surface area contributed by atoms with E-state index in [2.05, 4.69) is 49.9 Å². The summed E-state index contributed by atoms with van der Waals surface area (Å²) in [5.41, 5.74) is 0.654. The summed E-state index contributed by atoms with van der Waals surface area (Å²) in [6, 6.07) is 5.68. The maximum absolute atomic E-state index is 11.2. The van der Waals surface area contributed by atoms with E-state index in [-0.39, 0.29) is 5.97 Å². The number of carbonyl (C=O) groups is 1. The number of hydrogen-bond acceptors (Lipinski definition) is 2. The minimum Gasteiger partial charge on any atom is -0.465 e. The Bertz CT molecular complexity index is 290. The first-order valence-corrected chi connectivity index (χ1v) is 5.35. The lowest BCUT2D eigenvalue weighted by atomic mass is 10.2. The molecule has 1 aromatic carbocycles. The standard InChI is InChI=1S/C8H6I2O2/c1-12-8(11)7-5(9)3-2-4-6(7)10/h2-4H,1H3. The lowest BCUT2D eigenvalue weighted by Crippen LogP contribution is -2.05. The number of methoxy groups -OCH3 is 1. The molecule has 4 heteroatoms. The predicted octanol–water partition coefficient (Wildman–Crippen LogP) is 2.68. The maximum atomic E-state index is 11.2.